The first-order valence-electron chi connectivity index (χ1n) is 11.3. The maximum atomic E-state index is 13.0. The Labute approximate surface area is 205 Å². The van der Waals surface area contributed by atoms with Crippen molar-refractivity contribution in [2.45, 2.75) is 18.9 Å². The van der Waals surface area contributed by atoms with Gasteiger partial charge in [0.1, 0.15) is 12.6 Å². The molecule has 2 N–H and O–H groups in total. The number of nitrogens with one attached hydrogen (secondary N) is 2. The van der Waals surface area contributed by atoms with E-state index in [0.717, 1.165) is 4.90 Å². The quantitative estimate of drug-likeness (QED) is 0.162. The number of fused-ring (bicyclic) bond motifs is 1. The lowest BCUT2D eigenvalue weighted by Gasteiger charge is -2.27. The van der Waals surface area contributed by atoms with Gasteiger partial charge >= 0.3 is 5.97 Å². The Morgan fingerprint density at radius 1 is 0.944 bits per heavy atom. The lowest BCUT2D eigenvalue weighted by Crippen LogP contribution is -2.54. The zero-order chi connectivity index (χ0) is 25.7. The van der Waals surface area contributed by atoms with Crippen LogP contribution in [0, 0.1) is 0 Å². The van der Waals surface area contributed by atoms with E-state index in [0.29, 0.717) is 5.69 Å². The molecular weight excluding hydrogens is 470 g/mol. The number of hydrogen-bond acceptors (Lipinski definition) is 9. The van der Waals surface area contributed by atoms with Gasteiger partial charge in [-0.2, -0.15) is 0 Å². The van der Waals surface area contributed by atoms with Crippen molar-refractivity contribution in [2.24, 2.45) is 0 Å². The molecule has 0 bridgehead atoms. The minimum atomic E-state index is -1.04. The van der Waals surface area contributed by atoms with Crippen molar-refractivity contribution in [3.8, 4) is 0 Å². The molecule has 11 nitrogen and oxygen atoms in total. The second-order valence-electron chi connectivity index (χ2n) is 8.05. The number of rotatable bonds is 10. The van der Waals surface area contributed by atoms with Crippen LogP contribution in [0.1, 0.15) is 43.9 Å². The Morgan fingerprint density at radius 2 is 1.72 bits per heavy atom. The molecule has 2 aliphatic heterocycles. The van der Waals surface area contributed by atoms with Crippen molar-refractivity contribution in [3.05, 3.63) is 65.2 Å². The molecule has 2 aromatic rings. The van der Waals surface area contributed by atoms with Crippen LogP contribution in [0.5, 0.6) is 0 Å². The van der Waals surface area contributed by atoms with Gasteiger partial charge in [-0.25, -0.2) is 4.79 Å². The Balaban J connectivity index is 1.25. The number of nitrogens with zero attached hydrogens (tertiary/aromatic N) is 1. The van der Waals surface area contributed by atoms with Crippen LogP contribution in [-0.4, -0.2) is 72.7 Å². The summed E-state index contributed by atoms with van der Waals surface area (Å²) in [7, 11) is 0. The monoisotopic (exact) mass is 493 g/mol. The molecule has 1 unspecified atom stereocenters. The summed E-state index contributed by atoms with van der Waals surface area (Å²) in [5.74, 6) is -4.00. The number of carbonyl (C=O) groups excluding carboxylic acids is 6. The fraction of sp³-hybridized carbons (Fsp3) is 0.280. The molecular formula is C25H23N3O8. The van der Waals surface area contributed by atoms with Crippen LogP contribution in [-0.2, 0) is 23.9 Å². The van der Waals surface area contributed by atoms with Gasteiger partial charge in [-0.1, -0.05) is 36.4 Å². The van der Waals surface area contributed by atoms with Crippen molar-refractivity contribution >= 4 is 41.1 Å². The van der Waals surface area contributed by atoms with Crippen LogP contribution in [0.4, 0.5) is 5.69 Å². The highest BCUT2D eigenvalue weighted by atomic mass is 16.6. The Hall–Kier alpha value is -4.38. The first kappa shape index (κ1) is 24.7. The summed E-state index contributed by atoms with van der Waals surface area (Å²) >= 11 is 0. The van der Waals surface area contributed by atoms with Crippen LogP contribution in [0.15, 0.2) is 48.5 Å². The molecule has 1 fully saturated rings. The van der Waals surface area contributed by atoms with Gasteiger partial charge in [0.05, 0.1) is 24.3 Å². The molecule has 0 aliphatic carbocycles. The third kappa shape index (κ3) is 5.15. The summed E-state index contributed by atoms with van der Waals surface area (Å²) in [6.45, 7) is 0.412. The molecule has 0 aromatic heterocycles. The maximum absolute atomic E-state index is 13.0. The molecule has 4 rings (SSSR count). The molecule has 2 aromatic carbocycles. The Morgan fingerprint density at radius 3 is 2.47 bits per heavy atom. The highest BCUT2D eigenvalue weighted by Crippen LogP contribution is 2.32. The van der Waals surface area contributed by atoms with Crippen LogP contribution < -0.4 is 10.6 Å². The van der Waals surface area contributed by atoms with Crippen LogP contribution in [0.25, 0.3) is 0 Å². The zero-order valence-electron chi connectivity index (χ0n) is 19.2. The number of esters is 1. The number of ketones is 1. The van der Waals surface area contributed by atoms with E-state index in [1.54, 1.807) is 30.3 Å². The van der Waals surface area contributed by atoms with Gasteiger partial charge in [0, 0.05) is 24.2 Å². The van der Waals surface area contributed by atoms with Gasteiger partial charge in [0.2, 0.25) is 11.8 Å². The summed E-state index contributed by atoms with van der Waals surface area (Å²) in [5, 5.41) is 5.20. The summed E-state index contributed by atoms with van der Waals surface area (Å²) in [4.78, 5) is 74.2. The van der Waals surface area contributed by atoms with Gasteiger partial charge < -0.3 is 14.8 Å². The van der Waals surface area contributed by atoms with Crippen molar-refractivity contribution in [1.82, 2.24) is 10.2 Å². The summed E-state index contributed by atoms with van der Waals surface area (Å²) < 4.78 is 10.3. The standard InChI is InChI=1S/C25H23N3O8/c29-19-10-9-18(22(31)27-19)28-23(32)16-7-4-8-17(20(16)24(28)33)26-11-12-35-13-14-36-25(34)21(30)15-5-2-1-3-6-15/h1-8,18,26H,9-14H2,(H,27,29,31). The molecule has 1 saturated heterocycles. The second-order valence-corrected chi connectivity index (χ2v) is 8.05. The van der Waals surface area contributed by atoms with E-state index >= 15 is 0 Å². The number of benzene rings is 2. The minimum Gasteiger partial charge on any atom is -0.457 e. The molecule has 36 heavy (non-hydrogen) atoms. The average Bonchev–Trinajstić information content (AvgIpc) is 3.13. The van der Waals surface area contributed by atoms with Crippen LogP contribution in [0.3, 0.4) is 0 Å². The minimum absolute atomic E-state index is 0.0436. The maximum Gasteiger partial charge on any atom is 0.379 e. The molecule has 0 saturated carbocycles. The fourth-order valence-corrected chi connectivity index (χ4v) is 3.99. The van der Waals surface area contributed by atoms with E-state index in [2.05, 4.69) is 10.6 Å². The highest BCUT2D eigenvalue weighted by molar-refractivity contribution is 6.40. The number of ether oxygens (including phenoxy) is 2. The van der Waals surface area contributed by atoms with Crippen LogP contribution >= 0.6 is 0 Å². The Kier molecular flexibility index (Phi) is 7.50. The summed E-state index contributed by atoms with van der Waals surface area (Å²) in [5.41, 5.74) is 0.975. The van der Waals surface area contributed by atoms with Crippen molar-refractivity contribution < 1.29 is 38.2 Å². The topological polar surface area (TPSA) is 148 Å². The largest absolute Gasteiger partial charge is 0.457 e. The molecule has 2 heterocycles. The molecule has 4 amide bonds. The molecule has 186 valence electrons. The number of Topliss-reactive ketones (excluding diaryl/α,β-unsaturated/α-hetero) is 1. The molecule has 0 spiro atoms. The number of imide groups is 2. The fourth-order valence-electron chi connectivity index (χ4n) is 3.99. The van der Waals surface area contributed by atoms with E-state index < -0.39 is 41.4 Å². The Bertz CT molecular complexity index is 1230. The van der Waals surface area contributed by atoms with Gasteiger partial charge in [-0.05, 0) is 18.6 Å². The van der Waals surface area contributed by atoms with Crippen molar-refractivity contribution in [2.75, 3.05) is 31.7 Å². The number of carbonyl (C=O) groups is 6. The van der Waals surface area contributed by atoms with Gasteiger partial charge in [0.25, 0.3) is 17.6 Å². The van der Waals surface area contributed by atoms with E-state index in [1.807, 2.05) is 0 Å². The van der Waals surface area contributed by atoms with Gasteiger partial charge in [-0.15, -0.1) is 0 Å². The molecule has 11 heteroatoms. The lowest BCUT2D eigenvalue weighted by atomic mass is 10.0. The molecule has 0 radical (unpaired) electrons. The average molecular weight is 493 g/mol. The summed E-state index contributed by atoms with van der Waals surface area (Å²) in [6, 6.07) is 11.8. The number of piperidine rings is 1. The zero-order valence-corrected chi connectivity index (χ0v) is 19.2. The number of anilines is 1. The first-order chi connectivity index (χ1) is 17.4. The van der Waals surface area contributed by atoms with E-state index in [4.69, 9.17) is 9.47 Å². The number of amides is 4. The SMILES string of the molecule is O=C1CCC(N2C(=O)c3cccc(NCCOCCOC(=O)C(=O)c4ccccc4)c3C2=O)C(=O)N1. The van der Waals surface area contributed by atoms with Crippen LogP contribution in [0.2, 0.25) is 0 Å². The normalized spacial score (nSPS) is 17.0. The number of hydrogen-bond donors (Lipinski definition) is 2. The molecule has 2 aliphatic rings. The third-order valence-corrected chi connectivity index (χ3v) is 5.71. The predicted octanol–water partition coefficient (Wildman–Crippen LogP) is 0.942. The van der Waals surface area contributed by atoms with Crippen molar-refractivity contribution in [3.63, 3.8) is 0 Å². The van der Waals surface area contributed by atoms with Crippen molar-refractivity contribution in [1.29, 1.82) is 0 Å². The third-order valence-electron chi connectivity index (χ3n) is 5.71. The summed E-state index contributed by atoms with van der Waals surface area (Å²) in [6.07, 6.45) is 0.121. The van der Waals surface area contributed by atoms with E-state index in [1.165, 1.54) is 18.2 Å². The van der Waals surface area contributed by atoms with Gasteiger partial charge in [0.15, 0.2) is 0 Å². The predicted molar refractivity (Wildman–Crippen MR) is 124 cm³/mol. The first-order valence-corrected chi connectivity index (χ1v) is 11.3. The molecule has 1 atom stereocenters. The van der Waals surface area contributed by atoms with E-state index in [9.17, 15) is 28.8 Å². The lowest BCUT2D eigenvalue weighted by molar-refractivity contribution is -0.139. The van der Waals surface area contributed by atoms with Gasteiger partial charge in [-0.3, -0.25) is 34.2 Å². The second kappa shape index (κ2) is 10.9. The van der Waals surface area contributed by atoms with E-state index in [-0.39, 0.29) is 55.9 Å². The highest BCUT2D eigenvalue weighted by Gasteiger charge is 2.45. The smallest absolute Gasteiger partial charge is 0.379 e.